The third-order valence-electron chi connectivity index (χ3n) is 5.78. The number of nitrogens with zero attached hydrogens (tertiary/aromatic N) is 2. The van der Waals surface area contributed by atoms with Crippen LogP contribution in [-0.4, -0.2) is 24.9 Å². The average molecular weight is 400 g/mol. The summed E-state index contributed by atoms with van der Waals surface area (Å²) in [6, 6.07) is 22.8. The van der Waals surface area contributed by atoms with Crippen LogP contribution >= 0.6 is 0 Å². The SMILES string of the molecule is COc1ccc(C2=NN3C(C2)c2ccccc2OC3c2ccc(C)cc2)cc1OC. The van der Waals surface area contributed by atoms with Gasteiger partial charge in [0.05, 0.1) is 26.0 Å². The van der Waals surface area contributed by atoms with E-state index in [0.717, 1.165) is 29.0 Å². The van der Waals surface area contributed by atoms with Crippen LogP contribution < -0.4 is 14.2 Å². The summed E-state index contributed by atoms with van der Waals surface area (Å²) in [6.45, 7) is 2.09. The van der Waals surface area contributed by atoms with Crippen LogP contribution in [0.25, 0.3) is 0 Å². The lowest BCUT2D eigenvalue weighted by Crippen LogP contribution is -2.33. The van der Waals surface area contributed by atoms with Gasteiger partial charge in [-0.25, -0.2) is 5.01 Å². The molecule has 0 saturated heterocycles. The van der Waals surface area contributed by atoms with Crippen molar-refractivity contribution in [1.82, 2.24) is 5.01 Å². The van der Waals surface area contributed by atoms with Gasteiger partial charge in [0.25, 0.3) is 0 Å². The van der Waals surface area contributed by atoms with Gasteiger partial charge < -0.3 is 14.2 Å². The molecule has 5 nitrogen and oxygen atoms in total. The van der Waals surface area contributed by atoms with Crippen LogP contribution in [0.1, 0.15) is 40.9 Å². The molecule has 0 aliphatic carbocycles. The van der Waals surface area contributed by atoms with Crippen LogP contribution in [0.3, 0.4) is 0 Å². The number of fused-ring (bicyclic) bond motifs is 3. The number of methoxy groups -OCH3 is 2. The average Bonchev–Trinajstić information content (AvgIpc) is 3.24. The second-order valence-electron chi connectivity index (χ2n) is 7.64. The minimum atomic E-state index is -0.261. The first-order valence-corrected chi connectivity index (χ1v) is 10.1. The van der Waals surface area contributed by atoms with Crippen molar-refractivity contribution in [2.24, 2.45) is 5.10 Å². The molecule has 5 rings (SSSR count). The number of benzene rings is 3. The molecule has 0 radical (unpaired) electrons. The number of para-hydroxylation sites is 1. The highest BCUT2D eigenvalue weighted by Gasteiger charge is 2.40. The lowest BCUT2D eigenvalue weighted by Gasteiger charge is -2.38. The van der Waals surface area contributed by atoms with Gasteiger partial charge in [-0.15, -0.1) is 0 Å². The van der Waals surface area contributed by atoms with Crippen molar-refractivity contribution in [3.63, 3.8) is 0 Å². The van der Waals surface area contributed by atoms with Crippen molar-refractivity contribution in [2.45, 2.75) is 25.6 Å². The number of hydrazone groups is 1. The number of aryl methyl sites for hydroxylation is 1. The zero-order chi connectivity index (χ0) is 20.7. The fraction of sp³-hybridized carbons (Fsp3) is 0.240. The number of ether oxygens (including phenoxy) is 3. The minimum Gasteiger partial charge on any atom is -0.493 e. The van der Waals surface area contributed by atoms with Gasteiger partial charge in [0, 0.05) is 23.1 Å². The van der Waals surface area contributed by atoms with Crippen LogP contribution in [-0.2, 0) is 0 Å². The van der Waals surface area contributed by atoms with Gasteiger partial charge in [-0.05, 0) is 31.2 Å². The van der Waals surface area contributed by atoms with Crippen molar-refractivity contribution < 1.29 is 14.2 Å². The molecule has 0 amide bonds. The zero-order valence-corrected chi connectivity index (χ0v) is 17.3. The fourth-order valence-electron chi connectivity index (χ4n) is 4.18. The molecular formula is C25H24N2O3. The first-order chi connectivity index (χ1) is 14.7. The summed E-state index contributed by atoms with van der Waals surface area (Å²) in [5.41, 5.74) is 5.53. The van der Waals surface area contributed by atoms with Gasteiger partial charge in [-0.2, -0.15) is 5.10 Å². The van der Waals surface area contributed by atoms with Gasteiger partial charge in [0.2, 0.25) is 6.23 Å². The number of hydrogen-bond acceptors (Lipinski definition) is 5. The summed E-state index contributed by atoms with van der Waals surface area (Å²) < 4.78 is 17.3. The Labute approximate surface area is 176 Å². The lowest BCUT2D eigenvalue weighted by atomic mass is 9.95. The Morgan fingerprint density at radius 1 is 0.933 bits per heavy atom. The lowest BCUT2D eigenvalue weighted by molar-refractivity contribution is -0.0190. The van der Waals surface area contributed by atoms with E-state index in [2.05, 4.69) is 48.3 Å². The highest BCUT2D eigenvalue weighted by Crippen LogP contribution is 2.47. The van der Waals surface area contributed by atoms with Crippen molar-refractivity contribution in [1.29, 1.82) is 0 Å². The molecular weight excluding hydrogens is 376 g/mol. The predicted molar refractivity (Wildman–Crippen MR) is 116 cm³/mol. The summed E-state index contributed by atoms with van der Waals surface area (Å²) in [6.07, 6.45) is 0.543. The maximum absolute atomic E-state index is 6.41. The van der Waals surface area contributed by atoms with E-state index in [1.807, 2.05) is 30.3 Å². The molecule has 3 aromatic rings. The number of hydrogen-bond donors (Lipinski definition) is 0. The Bertz CT molecular complexity index is 1110. The van der Waals surface area contributed by atoms with Crippen molar-refractivity contribution in [3.8, 4) is 17.2 Å². The van der Waals surface area contributed by atoms with Gasteiger partial charge in [0.1, 0.15) is 5.75 Å². The van der Waals surface area contributed by atoms with Gasteiger partial charge in [-0.3, -0.25) is 0 Å². The van der Waals surface area contributed by atoms with Crippen molar-refractivity contribution in [2.75, 3.05) is 14.2 Å². The van der Waals surface area contributed by atoms with Crippen LogP contribution in [0.4, 0.5) is 0 Å². The third kappa shape index (κ3) is 3.07. The molecule has 2 aliphatic rings. The fourth-order valence-corrected chi connectivity index (χ4v) is 4.18. The van der Waals surface area contributed by atoms with E-state index in [1.54, 1.807) is 14.2 Å². The largest absolute Gasteiger partial charge is 0.493 e. The van der Waals surface area contributed by atoms with Gasteiger partial charge >= 0.3 is 0 Å². The second-order valence-corrected chi connectivity index (χ2v) is 7.64. The summed E-state index contributed by atoms with van der Waals surface area (Å²) in [5, 5.41) is 7.12. The molecule has 152 valence electrons. The highest BCUT2D eigenvalue weighted by molar-refractivity contribution is 6.02. The molecule has 30 heavy (non-hydrogen) atoms. The monoisotopic (exact) mass is 400 g/mol. The smallest absolute Gasteiger partial charge is 0.213 e. The van der Waals surface area contributed by atoms with E-state index < -0.39 is 0 Å². The molecule has 5 heteroatoms. The van der Waals surface area contributed by atoms with E-state index in [-0.39, 0.29) is 12.3 Å². The predicted octanol–water partition coefficient (Wildman–Crippen LogP) is 5.25. The van der Waals surface area contributed by atoms with Crippen molar-refractivity contribution in [3.05, 3.63) is 89.0 Å². The maximum Gasteiger partial charge on any atom is 0.213 e. The Morgan fingerprint density at radius 2 is 1.70 bits per heavy atom. The summed E-state index contributed by atoms with van der Waals surface area (Å²) in [4.78, 5) is 0. The first kappa shape index (κ1) is 18.6. The highest BCUT2D eigenvalue weighted by atomic mass is 16.5. The molecule has 0 aromatic heterocycles. The molecule has 2 heterocycles. The van der Waals surface area contributed by atoms with E-state index in [9.17, 15) is 0 Å². The Hall–Kier alpha value is -3.47. The third-order valence-corrected chi connectivity index (χ3v) is 5.78. The zero-order valence-electron chi connectivity index (χ0n) is 17.3. The molecule has 2 unspecified atom stereocenters. The van der Waals surface area contributed by atoms with Crippen LogP contribution in [0, 0.1) is 6.92 Å². The van der Waals surface area contributed by atoms with Crippen LogP contribution in [0.15, 0.2) is 71.8 Å². The first-order valence-electron chi connectivity index (χ1n) is 10.1. The van der Waals surface area contributed by atoms with Gasteiger partial charge in [0.15, 0.2) is 11.5 Å². The standard InChI is InChI=1S/C25H24N2O3/c1-16-8-10-17(11-9-16)25-27-21(19-6-4-5-7-22(19)30-25)15-20(26-27)18-12-13-23(28-2)24(14-18)29-3/h4-14,21,25H,15H2,1-3H3. The van der Waals surface area contributed by atoms with E-state index >= 15 is 0 Å². The van der Waals surface area contributed by atoms with Crippen LogP contribution in [0.5, 0.6) is 17.2 Å². The molecule has 0 N–H and O–H groups in total. The Balaban J connectivity index is 1.57. The maximum atomic E-state index is 6.41. The van der Waals surface area contributed by atoms with Crippen LogP contribution in [0.2, 0.25) is 0 Å². The normalized spacial score (nSPS) is 19.4. The second kappa shape index (κ2) is 7.41. The summed E-state index contributed by atoms with van der Waals surface area (Å²) in [5.74, 6) is 2.34. The topological polar surface area (TPSA) is 43.3 Å². The molecule has 0 bridgehead atoms. The molecule has 0 saturated carbocycles. The molecule has 2 aliphatic heterocycles. The summed E-state index contributed by atoms with van der Waals surface area (Å²) >= 11 is 0. The minimum absolute atomic E-state index is 0.129. The summed E-state index contributed by atoms with van der Waals surface area (Å²) in [7, 11) is 3.30. The number of rotatable bonds is 4. The van der Waals surface area contributed by atoms with Gasteiger partial charge in [-0.1, -0.05) is 48.0 Å². The van der Waals surface area contributed by atoms with E-state index in [1.165, 1.54) is 11.1 Å². The quantitative estimate of drug-likeness (QED) is 0.600. The van der Waals surface area contributed by atoms with Crippen molar-refractivity contribution >= 4 is 5.71 Å². The Kier molecular flexibility index (Phi) is 4.58. The molecule has 0 spiro atoms. The van der Waals surface area contributed by atoms with E-state index in [4.69, 9.17) is 19.3 Å². The molecule has 0 fully saturated rings. The molecule has 3 aromatic carbocycles. The molecule has 2 atom stereocenters. The van der Waals surface area contributed by atoms with E-state index in [0.29, 0.717) is 11.5 Å². The Morgan fingerprint density at radius 3 is 2.47 bits per heavy atom.